The number of hydrazone groups is 1. The fourth-order valence-electron chi connectivity index (χ4n) is 2.00. The zero-order valence-electron chi connectivity index (χ0n) is 14.6. The van der Waals surface area contributed by atoms with Crippen LogP contribution in [0.25, 0.3) is 0 Å². The van der Waals surface area contributed by atoms with Gasteiger partial charge in [0.2, 0.25) is 0 Å². The van der Waals surface area contributed by atoms with Crippen LogP contribution in [0.5, 0.6) is 11.5 Å². The number of thiazole rings is 1. The highest BCUT2D eigenvalue weighted by Crippen LogP contribution is 2.20. The first-order valence-corrected chi connectivity index (χ1v) is 8.77. The smallest absolute Gasteiger partial charge is 0.277 e. The van der Waals surface area contributed by atoms with Crippen LogP contribution in [0.1, 0.15) is 18.7 Å². The van der Waals surface area contributed by atoms with Crippen LogP contribution in [0, 0.1) is 0 Å². The second kappa shape index (κ2) is 9.63. The standard InChI is InChI=1S/C17H22N4O3S/c1-4-21(5-2)17-18-10-15(25-17)11-19-20-16(22)12-24-14-8-6-13(23-3)7-9-14/h6-11H,4-5,12H2,1-3H3,(H,20,22)/b19-11-. The number of benzene rings is 1. The molecular formula is C17H22N4O3S. The Bertz CT molecular complexity index is 696. The molecule has 2 aromatic rings. The molecule has 0 saturated heterocycles. The first-order valence-electron chi connectivity index (χ1n) is 7.95. The molecule has 1 aromatic carbocycles. The van der Waals surface area contributed by atoms with Crippen molar-refractivity contribution in [1.82, 2.24) is 10.4 Å². The summed E-state index contributed by atoms with van der Waals surface area (Å²) >= 11 is 1.53. The van der Waals surface area contributed by atoms with Gasteiger partial charge in [0, 0.05) is 19.3 Å². The Morgan fingerprint density at radius 3 is 2.60 bits per heavy atom. The van der Waals surface area contributed by atoms with Crippen LogP contribution in [-0.2, 0) is 4.79 Å². The largest absolute Gasteiger partial charge is 0.497 e. The lowest BCUT2D eigenvalue weighted by molar-refractivity contribution is -0.123. The molecule has 8 heteroatoms. The average molecular weight is 362 g/mol. The summed E-state index contributed by atoms with van der Waals surface area (Å²) in [5, 5.41) is 4.88. The fraction of sp³-hybridized carbons (Fsp3) is 0.353. The third-order valence-corrected chi connectivity index (χ3v) is 4.35. The Hall–Kier alpha value is -2.61. The molecule has 0 aliphatic carbocycles. The van der Waals surface area contributed by atoms with Crippen LogP contribution in [-0.4, -0.2) is 43.9 Å². The fourth-order valence-corrected chi connectivity index (χ4v) is 2.91. The molecule has 2 rings (SSSR count). The number of carbonyl (C=O) groups is 1. The summed E-state index contributed by atoms with van der Waals surface area (Å²) in [6, 6.07) is 7.01. The van der Waals surface area contributed by atoms with E-state index in [0.29, 0.717) is 5.75 Å². The zero-order chi connectivity index (χ0) is 18.1. The van der Waals surface area contributed by atoms with Crippen molar-refractivity contribution in [3.8, 4) is 11.5 Å². The van der Waals surface area contributed by atoms with Crippen LogP contribution in [0.3, 0.4) is 0 Å². The second-order valence-electron chi connectivity index (χ2n) is 4.97. The van der Waals surface area contributed by atoms with Gasteiger partial charge in [-0.05, 0) is 38.1 Å². The molecule has 0 unspecified atom stereocenters. The van der Waals surface area contributed by atoms with E-state index in [1.807, 2.05) is 0 Å². The van der Waals surface area contributed by atoms with E-state index < -0.39 is 0 Å². The van der Waals surface area contributed by atoms with Gasteiger partial charge in [-0.15, -0.1) is 0 Å². The Kier molecular flexibility index (Phi) is 7.21. The minimum atomic E-state index is -0.333. The van der Waals surface area contributed by atoms with Gasteiger partial charge in [0.15, 0.2) is 11.7 Å². The summed E-state index contributed by atoms with van der Waals surface area (Å²) in [5.41, 5.74) is 2.44. The van der Waals surface area contributed by atoms with Gasteiger partial charge < -0.3 is 14.4 Å². The van der Waals surface area contributed by atoms with E-state index in [1.165, 1.54) is 11.3 Å². The summed E-state index contributed by atoms with van der Waals surface area (Å²) in [7, 11) is 1.59. The number of carbonyl (C=O) groups excluding carboxylic acids is 1. The van der Waals surface area contributed by atoms with Crippen molar-refractivity contribution in [2.24, 2.45) is 5.10 Å². The van der Waals surface area contributed by atoms with E-state index in [-0.39, 0.29) is 12.5 Å². The van der Waals surface area contributed by atoms with E-state index in [0.717, 1.165) is 28.8 Å². The van der Waals surface area contributed by atoms with Crippen molar-refractivity contribution in [1.29, 1.82) is 0 Å². The number of methoxy groups -OCH3 is 1. The zero-order valence-corrected chi connectivity index (χ0v) is 15.4. The molecular weight excluding hydrogens is 340 g/mol. The van der Waals surface area contributed by atoms with Gasteiger partial charge in [-0.2, -0.15) is 5.10 Å². The maximum atomic E-state index is 11.7. The first-order chi connectivity index (χ1) is 12.2. The molecule has 0 saturated carbocycles. The van der Waals surface area contributed by atoms with Crippen LogP contribution in [0.15, 0.2) is 35.6 Å². The molecule has 1 heterocycles. The predicted octanol–water partition coefficient (Wildman–Crippen LogP) is 2.53. The Morgan fingerprint density at radius 1 is 1.28 bits per heavy atom. The quantitative estimate of drug-likeness (QED) is 0.548. The molecule has 25 heavy (non-hydrogen) atoms. The minimum absolute atomic E-state index is 0.114. The Balaban J connectivity index is 1.78. The molecule has 134 valence electrons. The molecule has 1 N–H and O–H groups in total. The van der Waals surface area contributed by atoms with E-state index >= 15 is 0 Å². The normalized spacial score (nSPS) is 10.7. The number of amides is 1. The van der Waals surface area contributed by atoms with Gasteiger partial charge in [-0.1, -0.05) is 11.3 Å². The van der Waals surface area contributed by atoms with Gasteiger partial charge in [-0.25, -0.2) is 10.4 Å². The van der Waals surface area contributed by atoms with Crippen LogP contribution >= 0.6 is 11.3 Å². The maximum absolute atomic E-state index is 11.7. The van der Waals surface area contributed by atoms with Crippen LogP contribution < -0.4 is 19.8 Å². The number of hydrogen-bond donors (Lipinski definition) is 1. The van der Waals surface area contributed by atoms with Gasteiger partial charge in [0.1, 0.15) is 11.5 Å². The van der Waals surface area contributed by atoms with Gasteiger partial charge in [-0.3, -0.25) is 4.79 Å². The van der Waals surface area contributed by atoms with Crippen LogP contribution in [0.4, 0.5) is 5.13 Å². The maximum Gasteiger partial charge on any atom is 0.277 e. The molecule has 0 atom stereocenters. The third-order valence-electron chi connectivity index (χ3n) is 3.36. The number of anilines is 1. The molecule has 1 amide bonds. The highest BCUT2D eigenvalue weighted by Gasteiger charge is 2.06. The van der Waals surface area contributed by atoms with Gasteiger partial charge in [0.25, 0.3) is 5.91 Å². The topological polar surface area (TPSA) is 76.1 Å². The number of rotatable bonds is 9. The highest BCUT2D eigenvalue weighted by molar-refractivity contribution is 7.17. The molecule has 7 nitrogen and oxygen atoms in total. The molecule has 0 spiro atoms. The van der Waals surface area contributed by atoms with Crippen molar-refractivity contribution >= 4 is 28.6 Å². The number of nitrogens with one attached hydrogen (secondary N) is 1. The van der Waals surface area contributed by atoms with E-state index in [2.05, 4.69) is 34.3 Å². The molecule has 0 bridgehead atoms. The van der Waals surface area contributed by atoms with Gasteiger partial charge >= 0.3 is 0 Å². The molecule has 1 aromatic heterocycles. The molecule has 0 radical (unpaired) electrons. The first kappa shape index (κ1) is 18.7. The van der Waals surface area contributed by atoms with E-state index in [1.54, 1.807) is 43.8 Å². The lowest BCUT2D eigenvalue weighted by Gasteiger charge is -2.16. The number of nitrogens with zero attached hydrogens (tertiary/aromatic N) is 3. The molecule has 0 aliphatic heterocycles. The van der Waals surface area contributed by atoms with Crippen molar-refractivity contribution < 1.29 is 14.3 Å². The van der Waals surface area contributed by atoms with Crippen molar-refractivity contribution in [3.63, 3.8) is 0 Å². The van der Waals surface area contributed by atoms with Crippen molar-refractivity contribution in [3.05, 3.63) is 35.3 Å². The third kappa shape index (κ3) is 5.75. The monoisotopic (exact) mass is 362 g/mol. The van der Waals surface area contributed by atoms with Crippen molar-refractivity contribution in [2.45, 2.75) is 13.8 Å². The average Bonchev–Trinajstić information content (AvgIpc) is 3.10. The molecule has 0 aliphatic rings. The summed E-state index contributed by atoms with van der Waals surface area (Å²) in [4.78, 5) is 19.1. The number of hydrogen-bond acceptors (Lipinski definition) is 7. The highest BCUT2D eigenvalue weighted by atomic mass is 32.1. The summed E-state index contributed by atoms with van der Waals surface area (Å²) in [6.45, 7) is 5.86. The Morgan fingerprint density at radius 2 is 1.96 bits per heavy atom. The second-order valence-corrected chi connectivity index (χ2v) is 6.02. The van der Waals surface area contributed by atoms with Gasteiger partial charge in [0.05, 0.1) is 18.2 Å². The van der Waals surface area contributed by atoms with E-state index in [9.17, 15) is 4.79 Å². The summed E-state index contributed by atoms with van der Waals surface area (Å²) in [5.74, 6) is 0.988. The molecule has 0 fully saturated rings. The minimum Gasteiger partial charge on any atom is -0.497 e. The number of ether oxygens (including phenoxy) is 2. The van der Waals surface area contributed by atoms with Crippen LogP contribution in [0.2, 0.25) is 0 Å². The predicted molar refractivity (Wildman–Crippen MR) is 99.9 cm³/mol. The number of aromatic nitrogens is 1. The van der Waals surface area contributed by atoms with Crippen molar-refractivity contribution in [2.75, 3.05) is 31.7 Å². The Labute approximate surface area is 151 Å². The van der Waals surface area contributed by atoms with E-state index in [4.69, 9.17) is 9.47 Å². The lowest BCUT2D eigenvalue weighted by atomic mass is 10.3. The SMILES string of the molecule is CCN(CC)c1ncc(/C=N\NC(=O)COc2ccc(OC)cc2)s1. The summed E-state index contributed by atoms with van der Waals surface area (Å²) in [6.07, 6.45) is 3.32. The lowest BCUT2D eigenvalue weighted by Crippen LogP contribution is -2.24. The summed E-state index contributed by atoms with van der Waals surface area (Å²) < 4.78 is 10.4.